The minimum absolute atomic E-state index is 0.237. The highest BCUT2D eigenvalue weighted by Gasteiger charge is 2.10. The van der Waals surface area contributed by atoms with Crippen LogP contribution in [0.2, 0.25) is 0 Å². The van der Waals surface area contributed by atoms with Crippen LogP contribution in [0.4, 0.5) is 0 Å². The van der Waals surface area contributed by atoms with Crippen molar-refractivity contribution in [2.45, 2.75) is 53.4 Å². The van der Waals surface area contributed by atoms with Crippen molar-refractivity contribution in [2.24, 2.45) is 0 Å². The molecular weight excluding hydrogens is 340 g/mol. The standard InChI is InChI=1S/C23H30O4/c1-5-7-14-26-21-12-9-19(16-22(21)25-6-2)10-13-23(24)27-20-11-8-17(3)18(4)15-20/h8-9,11-12,15-16H,5-7,10,13-14H2,1-4H3. The Kier molecular flexibility index (Phi) is 8.18. The third-order valence-corrected chi connectivity index (χ3v) is 4.39. The van der Waals surface area contributed by atoms with E-state index in [0.717, 1.165) is 35.5 Å². The van der Waals surface area contributed by atoms with Crippen LogP contribution < -0.4 is 14.2 Å². The van der Waals surface area contributed by atoms with Gasteiger partial charge in [0.1, 0.15) is 5.75 Å². The van der Waals surface area contributed by atoms with Crippen molar-refractivity contribution in [3.63, 3.8) is 0 Å². The number of esters is 1. The van der Waals surface area contributed by atoms with Gasteiger partial charge >= 0.3 is 5.97 Å². The van der Waals surface area contributed by atoms with Gasteiger partial charge in [-0.3, -0.25) is 4.79 Å². The fourth-order valence-corrected chi connectivity index (χ4v) is 2.63. The molecule has 0 atom stereocenters. The fourth-order valence-electron chi connectivity index (χ4n) is 2.63. The zero-order chi connectivity index (χ0) is 19.6. The molecule has 0 spiro atoms. The topological polar surface area (TPSA) is 44.8 Å². The van der Waals surface area contributed by atoms with Crippen LogP contribution in [0.1, 0.15) is 49.8 Å². The summed E-state index contributed by atoms with van der Waals surface area (Å²) in [4.78, 5) is 12.2. The van der Waals surface area contributed by atoms with Gasteiger partial charge in [-0.1, -0.05) is 25.5 Å². The van der Waals surface area contributed by atoms with Crippen LogP contribution in [0.3, 0.4) is 0 Å². The summed E-state index contributed by atoms with van der Waals surface area (Å²) in [5.74, 6) is 1.85. The molecule has 27 heavy (non-hydrogen) atoms. The summed E-state index contributed by atoms with van der Waals surface area (Å²) in [7, 11) is 0. The van der Waals surface area contributed by atoms with E-state index >= 15 is 0 Å². The van der Waals surface area contributed by atoms with Crippen LogP contribution in [0.25, 0.3) is 0 Å². The molecule has 4 heteroatoms. The Balaban J connectivity index is 1.94. The van der Waals surface area contributed by atoms with E-state index in [2.05, 4.69) is 6.92 Å². The molecule has 0 saturated heterocycles. The highest BCUT2D eigenvalue weighted by atomic mass is 16.5. The molecule has 2 aromatic rings. The Labute approximate surface area is 162 Å². The third kappa shape index (κ3) is 6.63. The van der Waals surface area contributed by atoms with Gasteiger partial charge in [0.05, 0.1) is 13.2 Å². The molecule has 0 amide bonds. The van der Waals surface area contributed by atoms with Gasteiger partial charge in [0.2, 0.25) is 0 Å². The number of hydrogen-bond donors (Lipinski definition) is 0. The Hall–Kier alpha value is -2.49. The smallest absolute Gasteiger partial charge is 0.311 e. The van der Waals surface area contributed by atoms with Gasteiger partial charge in [0.25, 0.3) is 0 Å². The number of carbonyl (C=O) groups is 1. The summed E-state index contributed by atoms with van der Waals surface area (Å²) in [6.07, 6.45) is 3.01. The molecule has 0 unspecified atom stereocenters. The van der Waals surface area contributed by atoms with Gasteiger partial charge in [-0.2, -0.15) is 0 Å². The molecule has 2 aromatic carbocycles. The van der Waals surface area contributed by atoms with Crippen LogP contribution in [0.15, 0.2) is 36.4 Å². The fraction of sp³-hybridized carbons (Fsp3) is 0.435. The van der Waals surface area contributed by atoms with Crippen LogP contribution >= 0.6 is 0 Å². The van der Waals surface area contributed by atoms with E-state index in [1.54, 1.807) is 0 Å². The van der Waals surface area contributed by atoms with Crippen molar-refractivity contribution in [3.8, 4) is 17.2 Å². The van der Waals surface area contributed by atoms with E-state index in [4.69, 9.17) is 14.2 Å². The van der Waals surface area contributed by atoms with Gasteiger partial charge in [-0.15, -0.1) is 0 Å². The first-order valence-electron chi connectivity index (χ1n) is 9.70. The van der Waals surface area contributed by atoms with Crippen molar-refractivity contribution >= 4 is 5.97 Å². The minimum atomic E-state index is -0.237. The second-order valence-electron chi connectivity index (χ2n) is 6.64. The van der Waals surface area contributed by atoms with Crippen molar-refractivity contribution < 1.29 is 19.0 Å². The van der Waals surface area contributed by atoms with Crippen molar-refractivity contribution in [1.82, 2.24) is 0 Å². The predicted molar refractivity (Wildman–Crippen MR) is 108 cm³/mol. The van der Waals surface area contributed by atoms with Crippen molar-refractivity contribution in [2.75, 3.05) is 13.2 Å². The van der Waals surface area contributed by atoms with E-state index in [1.807, 2.05) is 57.2 Å². The first-order valence-corrected chi connectivity index (χ1v) is 9.70. The number of rotatable bonds is 10. The summed E-state index contributed by atoms with van der Waals surface area (Å²) in [6, 6.07) is 11.5. The summed E-state index contributed by atoms with van der Waals surface area (Å²) in [5, 5.41) is 0. The molecular formula is C23H30O4. The van der Waals surface area contributed by atoms with Crippen LogP contribution in [0.5, 0.6) is 17.2 Å². The van der Waals surface area contributed by atoms with E-state index in [0.29, 0.717) is 31.8 Å². The Morgan fingerprint density at radius 2 is 1.74 bits per heavy atom. The molecule has 0 radical (unpaired) electrons. The Morgan fingerprint density at radius 3 is 2.44 bits per heavy atom. The SMILES string of the molecule is CCCCOc1ccc(CCC(=O)Oc2ccc(C)c(C)c2)cc1OCC. The van der Waals surface area contributed by atoms with Crippen LogP contribution in [-0.4, -0.2) is 19.2 Å². The number of aryl methyl sites for hydroxylation is 3. The van der Waals surface area contributed by atoms with Gasteiger partial charge in [-0.25, -0.2) is 0 Å². The highest BCUT2D eigenvalue weighted by Crippen LogP contribution is 2.29. The molecule has 0 saturated carbocycles. The number of carbonyl (C=O) groups excluding carboxylic acids is 1. The third-order valence-electron chi connectivity index (χ3n) is 4.39. The molecule has 146 valence electrons. The maximum atomic E-state index is 12.2. The largest absolute Gasteiger partial charge is 0.490 e. The van der Waals surface area contributed by atoms with Crippen molar-refractivity contribution in [1.29, 1.82) is 0 Å². The Morgan fingerprint density at radius 1 is 0.926 bits per heavy atom. The second kappa shape index (κ2) is 10.6. The Bertz CT molecular complexity index is 752. The van der Waals surface area contributed by atoms with Gasteiger partial charge < -0.3 is 14.2 Å². The molecule has 0 aromatic heterocycles. The molecule has 0 aliphatic carbocycles. The second-order valence-corrected chi connectivity index (χ2v) is 6.64. The number of ether oxygens (including phenoxy) is 3. The first-order chi connectivity index (χ1) is 13.0. The van der Waals surface area contributed by atoms with E-state index in [-0.39, 0.29) is 5.97 Å². The average molecular weight is 370 g/mol. The molecule has 0 aliphatic heterocycles. The molecule has 4 nitrogen and oxygen atoms in total. The lowest BCUT2D eigenvalue weighted by Gasteiger charge is -2.13. The summed E-state index contributed by atoms with van der Waals surface area (Å²) < 4.78 is 16.9. The summed E-state index contributed by atoms with van der Waals surface area (Å²) >= 11 is 0. The molecule has 2 rings (SSSR count). The zero-order valence-corrected chi connectivity index (χ0v) is 16.8. The van der Waals surface area contributed by atoms with Crippen LogP contribution in [-0.2, 0) is 11.2 Å². The van der Waals surface area contributed by atoms with E-state index in [1.165, 1.54) is 5.56 Å². The monoisotopic (exact) mass is 370 g/mol. The molecule has 0 bridgehead atoms. The summed E-state index contributed by atoms with van der Waals surface area (Å²) in [5.41, 5.74) is 3.32. The highest BCUT2D eigenvalue weighted by molar-refractivity contribution is 5.72. The number of hydrogen-bond acceptors (Lipinski definition) is 4. The van der Waals surface area contributed by atoms with Gasteiger partial charge in [-0.05, 0) is 74.6 Å². The van der Waals surface area contributed by atoms with Gasteiger partial charge in [0.15, 0.2) is 11.5 Å². The molecule has 0 fully saturated rings. The maximum absolute atomic E-state index is 12.2. The van der Waals surface area contributed by atoms with Crippen LogP contribution in [0, 0.1) is 13.8 Å². The lowest BCUT2D eigenvalue weighted by atomic mass is 10.1. The average Bonchev–Trinajstić information content (AvgIpc) is 2.65. The van der Waals surface area contributed by atoms with E-state index in [9.17, 15) is 4.79 Å². The first kappa shape index (κ1) is 20.8. The van der Waals surface area contributed by atoms with Gasteiger partial charge in [0, 0.05) is 6.42 Å². The predicted octanol–water partition coefficient (Wildman–Crippen LogP) is 5.42. The lowest BCUT2D eigenvalue weighted by Crippen LogP contribution is -2.09. The van der Waals surface area contributed by atoms with E-state index < -0.39 is 0 Å². The summed E-state index contributed by atoms with van der Waals surface area (Å²) in [6.45, 7) is 9.37. The number of benzene rings is 2. The lowest BCUT2D eigenvalue weighted by molar-refractivity contribution is -0.134. The normalized spacial score (nSPS) is 10.5. The zero-order valence-electron chi connectivity index (χ0n) is 16.8. The minimum Gasteiger partial charge on any atom is -0.490 e. The number of unbranched alkanes of at least 4 members (excludes halogenated alkanes) is 1. The van der Waals surface area contributed by atoms with Crippen molar-refractivity contribution in [3.05, 3.63) is 53.1 Å². The molecule has 0 heterocycles. The quantitative estimate of drug-likeness (QED) is 0.318. The molecule has 0 aliphatic rings. The molecule has 0 N–H and O–H groups in total. The maximum Gasteiger partial charge on any atom is 0.311 e.